The zero-order valence-electron chi connectivity index (χ0n) is 12.2. The SMILES string of the molecule is O=C(c1ccc(C2CC2)cc1)N1CCOCCC12COC2. The summed E-state index contributed by atoms with van der Waals surface area (Å²) in [5, 5.41) is 0. The van der Waals surface area contributed by atoms with Crippen molar-refractivity contribution < 1.29 is 14.3 Å². The second kappa shape index (κ2) is 5.11. The maximum absolute atomic E-state index is 12.9. The highest BCUT2D eigenvalue weighted by Gasteiger charge is 2.47. The van der Waals surface area contributed by atoms with Gasteiger partial charge in [0.1, 0.15) is 0 Å². The van der Waals surface area contributed by atoms with Gasteiger partial charge in [0.2, 0.25) is 0 Å². The Morgan fingerprint density at radius 1 is 1.10 bits per heavy atom. The van der Waals surface area contributed by atoms with Crippen LogP contribution in [-0.2, 0) is 9.47 Å². The summed E-state index contributed by atoms with van der Waals surface area (Å²) in [5.41, 5.74) is 2.02. The zero-order valence-corrected chi connectivity index (χ0v) is 12.2. The van der Waals surface area contributed by atoms with Crippen LogP contribution in [-0.4, -0.2) is 49.3 Å². The van der Waals surface area contributed by atoms with E-state index in [4.69, 9.17) is 9.47 Å². The first-order chi connectivity index (χ1) is 10.3. The van der Waals surface area contributed by atoms with E-state index < -0.39 is 0 Å². The lowest BCUT2D eigenvalue weighted by Gasteiger charge is -2.48. The third kappa shape index (κ3) is 2.36. The van der Waals surface area contributed by atoms with Crippen LogP contribution in [0.3, 0.4) is 0 Å². The highest BCUT2D eigenvalue weighted by atomic mass is 16.5. The van der Waals surface area contributed by atoms with Gasteiger partial charge in [-0.25, -0.2) is 0 Å². The van der Waals surface area contributed by atoms with Gasteiger partial charge in [-0.2, -0.15) is 0 Å². The third-order valence-corrected chi connectivity index (χ3v) is 4.94. The maximum atomic E-state index is 12.9. The lowest BCUT2D eigenvalue weighted by atomic mass is 9.90. The second-order valence-corrected chi connectivity index (χ2v) is 6.43. The predicted octanol–water partition coefficient (Wildman–Crippen LogP) is 2.20. The fourth-order valence-corrected chi connectivity index (χ4v) is 3.32. The van der Waals surface area contributed by atoms with Gasteiger partial charge < -0.3 is 14.4 Å². The van der Waals surface area contributed by atoms with E-state index in [1.807, 2.05) is 17.0 Å². The van der Waals surface area contributed by atoms with Gasteiger partial charge in [0.15, 0.2) is 0 Å². The summed E-state index contributed by atoms with van der Waals surface area (Å²) in [6.45, 7) is 3.28. The quantitative estimate of drug-likeness (QED) is 0.837. The van der Waals surface area contributed by atoms with Gasteiger partial charge in [0.05, 0.1) is 25.4 Å². The fraction of sp³-hybridized carbons (Fsp3) is 0.588. The summed E-state index contributed by atoms with van der Waals surface area (Å²) in [7, 11) is 0. The van der Waals surface area contributed by atoms with Crippen LogP contribution in [0.15, 0.2) is 24.3 Å². The largest absolute Gasteiger partial charge is 0.380 e. The van der Waals surface area contributed by atoms with Crippen molar-refractivity contribution in [3.05, 3.63) is 35.4 Å². The van der Waals surface area contributed by atoms with Crippen LogP contribution < -0.4 is 0 Å². The van der Waals surface area contributed by atoms with Crippen LogP contribution >= 0.6 is 0 Å². The highest BCUT2D eigenvalue weighted by Crippen LogP contribution is 2.40. The summed E-state index contributed by atoms with van der Waals surface area (Å²) >= 11 is 0. The van der Waals surface area contributed by atoms with Crippen LogP contribution in [0.5, 0.6) is 0 Å². The van der Waals surface area contributed by atoms with Crippen LogP contribution in [0.1, 0.15) is 41.1 Å². The molecule has 3 aliphatic rings. The van der Waals surface area contributed by atoms with Crippen molar-refractivity contribution in [3.8, 4) is 0 Å². The summed E-state index contributed by atoms with van der Waals surface area (Å²) in [5.74, 6) is 0.846. The molecule has 3 fully saturated rings. The molecular formula is C17H21NO3. The molecule has 4 heteroatoms. The molecule has 0 aromatic heterocycles. The molecule has 1 spiro atoms. The molecule has 1 aromatic rings. The second-order valence-electron chi connectivity index (χ2n) is 6.43. The van der Waals surface area contributed by atoms with Gasteiger partial charge >= 0.3 is 0 Å². The van der Waals surface area contributed by atoms with E-state index in [0.29, 0.717) is 33.0 Å². The molecule has 2 saturated heterocycles. The Morgan fingerprint density at radius 3 is 2.48 bits per heavy atom. The van der Waals surface area contributed by atoms with E-state index in [1.165, 1.54) is 18.4 Å². The Kier molecular flexibility index (Phi) is 3.23. The minimum Gasteiger partial charge on any atom is -0.380 e. The van der Waals surface area contributed by atoms with Crippen molar-refractivity contribution in [1.29, 1.82) is 0 Å². The molecule has 0 radical (unpaired) electrons. The highest BCUT2D eigenvalue weighted by molar-refractivity contribution is 5.95. The minimum atomic E-state index is -0.136. The van der Waals surface area contributed by atoms with Crippen molar-refractivity contribution in [2.24, 2.45) is 0 Å². The van der Waals surface area contributed by atoms with Gasteiger partial charge in [-0.15, -0.1) is 0 Å². The molecule has 0 N–H and O–H groups in total. The van der Waals surface area contributed by atoms with E-state index in [-0.39, 0.29) is 11.4 Å². The number of nitrogens with zero attached hydrogens (tertiary/aromatic N) is 1. The average Bonchev–Trinajstić information content (AvgIpc) is 3.31. The topological polar surface area (TPSA) is 38.8 Å². The van der Waals surface area contributed by atoms with Crippen LogP contribution in [0.25, 0.3) is 0 Å². The lowest BCUT2D eigenvalue weighted by Crippen LogP contribution is -2.64. The Labute approximate surface area is 125 Å². The van der Waals surface area contributed by atoms with E-state index >= 15 is 0 Å². The van der Waals surface area contributed by atoms with Crippen molar-refractivity contribution >= 4 is 5.91 Å². The smallest absolute Gasteiger partial charge is 0.254 e. The van der Waals surface area contributed by atoms with Gasteiger partial charge in [-0.05, 0) is 42.9 Å². The number of ether oxygens (including phenoxy) is 2. The monoisotopic (exact) mass is 287 g/mol. The molecule has 0 bridgehead atoms. The Bertz CT molecular complexity index is 531. The number of rotatable bonds is 2. The number of amides is 1. The van der Waals surface area contributed by atoms with E-state index in [2.05, 4.69) is 12.1 Å². The standard InChI is InChI=1S/C17H21NO3/c19-16(15-5-3-14(4-6-15)13-1-2-13)18-8-10-20-9-7-17(18)11-21-12-17/h3-6,13H,1-2,7-12H2. The number of hydrogen-bond donors (Lipinski definition) is 0. The number of carbonyl (C=O) groups is 1. The van der Waals surface area contributed by atoms with Gasteiger partial charge in [-0.3, -0.25) is 4.79 Å². The molecular weight excluding hydrogens is 266 g/mol. The fourth-order valence-electron chi connectivity index (χ4n) is 3.32. The molecule has 1 amide bonds. The number of carbonyl (C=O) groups excluding carboxylic acids is 1. The molecule has 1 aliphatic carbocycles. The predicted molar refractivity (Wildman–Crippen MR) is 78.4 cm³/mol. The number of benzene rings is 1. The zero-order chi connectivity index (χ0) is 14.3. The van der Waals surface area contributed by atoms with Crippen LogP contribution in [0, 0.1) is 0 Å². The van der Waals surface area contributed by atoms with E-state index in [1.54, 1.807) is 0 Å². The Balaban J connectivity index is 1.56. The van der Waals surface area contributed by atoms with Crippen molar-refractivity contribution in [1.82, 2.24) is 4.90 Å². The first-order valence-electron chi connectivity index (χ1n) is 7.86. The molecule has 2 aliphatic heterocycles. The van der Waals surface area contributed by atoms with Gasteiger partial charge in [0, 0.05) is 18.7 Å². The van der Waals surface area contributed by atoms with E-state index in [0.717, 1.165) is 17.9 Å². The minimum absolute atomic E-state index is 0.117. The molecule has 2 heterocycles. The lowest BCUT2D eigenvalue weighted by molar-refractivity contribution is -0.125. The Hall–Kier alpha value is -1.39. The van der Waals surface area contributed by atoms with Crippen molar-refractivity contribution in [2.75, 3.05) is 33.0 Å². The normalized spacial score (nSPS) is 24.5. The van der Waals surface area contributed by atoms with Crippen molar-refractivity contribution in [2.45, 2.75) is 30.7 Å². The summed E-state index contributed by atoms with van der Waals surface area (Å²) in [6.07, 6.45) is 3.45. The van der Waals surface area contributed by atoms with Crippen LogP contribution in [0.2, 0.25) is 0 Å². The Morgan fingerprint density at radius 2 is 1.86 bits per heavy atom. The molecule has 0 unspecified atom stereocenters. The molecule has 1 aromatic carbocycles. The van der Waals surface area contributed by atoms with Gasteiger partial charge in [0.25, 0.3) is 5.91 Å². The van der Waals surface area contributed by atoms with Crippen LogP contribution in [0.4, 0.5) is 0 Å². The third-order valence-electron chi connectivity index (χ3n) is 4.94. The molecule has 21 heavy (non-hydrogen) atoms. The van der Waals surface area contributed by atoms with E-state index in [9.17, 15) is 4.79 Å². The molecule has 4 rings (SSSR count). The average molecular weight is 287 g/mol. The molecule has 0 atom stereocenters. The maximum Gasteiger partial charge on any atom is 0.254 e. The molecule has 4 nitrogen and oxygen atoms in total. The number of hydrogen-bond acceptors (Lipinski definition) is 3. The summed E-state index contributed by atoms with van der Waals surface area (Å²) in [6, 6.07) is 8.19. The molecule has 1 saturated carbocycles. The van der Waals surface area contributed by atoms with Crippen molar-refractivity contribution in [3.63, 3.8) is 0 Å². The van der Waals surface area contributed by atoms with Gasteiger partial charge in [-0.1, -0.05) is 12.1 Å². The summed E-state index contributed by atoms with van der Waals surface area (Å²) in [4.78, 5) is 14.9. The summed E-state index contributed by atoms with van der Waals surface area (Å²) < 4.78 is 10.9. The first kappa shape index (κ1) is 13.3. The first-order valence-corrected chi connectivity index (χ1v) is 7.86. The molecule has 112 valence electrons.